The maximum Gasteiger partial charge on any atom is 0.0178 e. The average Bonchev–Trinajstić information content (AvgIpc) is 2.28. The fourth-order valence-corrected chi connectivity index (χ4v) is 2.74. The van der Waals surface area contributed by atoms with Gasteiger partial charge in [0.25, 0.3) is 0 Å². The quantitative estimate of drug-likeness (QED) is 0.767. The van der Waals surface area contributed by atoms with Crippen molar-refractivity contribution >= 4 is 27.7 Å². The molecule has 1 aromatic rings. The third kappa shape index (κ3) is 4.89. The first-order valence-corrected chi connectivity index (χ1v) is 7.85. The van der Waals surface area contributed by atoms with E-state index >= 15 is 0 Å². The molecular weight excluding hydrogens is 282 g/mol. The second kappa shape index (κ2) is 8.15. The van der Waals surface area contributed by atoms with Gasteiger partial charge in [-0.3, -0.25) is 0 Å². The van der Waals surface area contributed by atoms with E-state index in [9.17, 15) is 0 Å². The molecule has 1 nitrogen and oxygen atoms in total. The highest BCUT2D eigenvalue weighted by Gasteiger charge is 2.10. The molecule has 3 heteroatoms. The Kier molecular flexibility index (Phi) is 7.17. The second-order valence-electron chi connectivity index (χ2n) is 3.94. The minimum absolute atomic E-state index is 0.634. The van der Waals surface area contributed by atoms with Crippen LogP contribution in [-0.2, 0) is 0 Å². The Labute approximate surface area is 112 Å². The molecular formula is C13H20BrNS. The van der Waals surface area contributed by atoms with Crippen molar-refractivity contribution in [3.05, 3.63) is 34.3 Å². The van der Waals surface area contributed by atoms with E-state index < -0.39 is 0 Å². The molecule has 1 aromatic carbocycles. The van der Waals surface area contributed by atoms with Crippen LogP contribution in [0.4, 0.5) is 0 Å². The molecule has 0 aliphatic carbocycles. The molecule has 0 spiro atoms. The lowest BCUT2D eigenvalue weighted by atomic mass is 9.94. The summed E-state index contributed by atoms with van der Waals surface area (Å²) in [6.07, 6.45) is 4.73. The van der Waals surface area contributed by atoms with Crippen molar-refractivity contribution < 1.29 is 0 Å². The summed E-state index contributed by atoms with van der Waals surface area (Å²) in [5.41, 5.74) is 1.44. The van der Waals surface area contributed by atoms with Gasteiger partial charge in [0.2, 0.25) is 0 Å². The number of thioether (sulfide) groups is 1. The number of benzene rings is 1. The molecule has 0 amide bonds. The van der Waals surface area contributed by atoms with Crippen molar-refractivity contribution in [2.75, 3.05) is 25.6 Å². The van der Waals surface area contributed by atoms with Gasteiger partial charge in [-0.1, -0.05) is 28.1 Å². The fourth-order valence-electron chi connectivity index (χ4n) is 1.87. The van der Waals surface area contributed by atoms with E-state index in [4.69, 9.17) is 0 Å². The van der Waals surface area contributed by atoms with Crippen LogP contribution in [0.25, 0.3) is 0 Å². The largest absolute Gasteiger partial charge is 0.319 e. The van der Waals surface area contributed by atoms with Gasteiger partial charge in [0, 0.05) is 11.0 Å². The minimum atomic E-state index is 0.634. The number of nitrogens with one attached hydrogen (secondary N) is 1. The van der Waals surface area contributed by atoms with Gasteiger partial charge >= 0.3 is 0 Å². The maximum atomic E-state index is 3.54. The van der Waals surface area contributed by atoms with Gasteiger partial charge in [0.1, 0.15) is 0 Å². The molecule has 0 aliphatic heterocycles. The van der Waals surface area contributed by atoms with E-state index in [0.29, 0.717) is 5.92 Å². The highest BCUT2D eigenvalue weighted by molar-refractivity contribution is 9.10. The Balaban J connectivity index is 2.61. The van der Waals surface area contributed by atoms with Crippen LogP contribution in [0, 0.1) is 0 Å². The monoisotopic (exact) mass is 301 g/mol. The first-order valence-electron chi connectivity index (χ1n) is 5.67. The molecule has 0 radical (unpaired) electrons. The Bertz CT molecular complexity index is 304. The summed E-state index contributed by atoms with van der Waals surface area (Å²) in [4.78, 5) is 0. The lowest BCUT2D eigenvalue weighted by molar-refractivity contribution is 0.578. The van der Waals surface area contributed by atoms with Crippen LogP contribution < -0.4 is 5.32 Å². The van der Waals surface area contributed by atoms with Crippen molar-refractivity contribution in [1.82, 2.24) is 5.32 Å². The third-order valence-corrected chi connectivity index (χ3v) is 3.86. The van der Waals surface area contributed by atoms with Crippen LogP contribution in [0.5, 0.6) is 0 Å². The van der Waals surface area contributed by atoms with Crippen molar-refractivity contribution in [2.24, 2.45) is 0 Å². The van der Waals surface area contributed by atoms with Crippen LogP contribution in [0.3, 0.4) is 0 Å². The van der Waals surface area contributed by atoms with Gasteiger partial charge in [-0.25, -0.2) is 0 Å². The Morgan fingerprint density at radius 3 is 2.88 bits per heavy atom. The minimum Gasteiger partial charge on any atom is -0.319 e. The molecule has 0 heterocycles. The molecule has 90 valence electrons. The van der Waals surface area contributed by atoms with Gasteiger partial charge < -0.3 is 5.32 Å². The Morgan fingerprint density at radius 2 is 2.25 bits per heavy atom. The summed E-state index contributed by atoms with van der Waals surface area (Å²) in [5.74, 6) is 1.89. The lowest BCUT2D eigenvalue weighted by Gasteiger charge is -2.17. The van der Waals surface area contributed by atoms with Crippen molar-refractivity contribution in [3.8, 4) is 0 Å². The molecule has 0 aliphatic rings. The number of rotatable bonds is 7. The van der Waals surface area contributed by atoms with E-state index in [2.05, 4.69) is 51.8 Å². The van der Waals surface area contributed by atoms with Gasteiger partial charge in [0.05, 0.1) is 0 Å². The van der Waals surface area contributed by atoms with Crippen LogP contribution in [0.1, 0.15) is 24.3 Å². The Hall–Kier alpha value is 0.01000. The van der Waals surface area contributed by atoms with Crippen LogP contribution in [0.15, 0.2) is 28.7 Å². The molecule has 0 fully saturated rings. The van der Waals surface area contributed by atoms with E-state index in [1.807, 2.05) is 18.8 Å². The predicted octanol–water partition coefficient (Wildman–Crippen LogP) is 3.90. The van der Waals surface area contributed by atoms with Crippen molar-refractivity contribution in [3.63, 3.8) is 0 Å². The summed E-state index contributed by atoms with van der Waals surface area (Å²) in [7, 11) is 2.03. The van der Waals surface area contributed by atoms with Crippen LogP contribution >= 0.6 is 27.7 Å². The topological polar surface area (TPSA) is 12.0 Å². The Morgan fingerprint density at radius 1 is 1.44 bits per heavy atom. The normalized spacial score (nSPS) is 12.7. The zero-order valence-electron chi connectivity index (χ0n) is 10.0. The van der Waals surface area contributed by atoms with Gasteiger partial charge in [-0.2, -0.15) is 11.8 Å². The number of hydrogen-bond donors (Lipinski definition) is 1. The van der Waals surface area contributed by atoms with Crippen molar-refractivity contribution in [1.29, 1.82) is 0 Å². The average molecular weight is 302 g/mol. The van der Waals surface area contributed by atoms with Crippen molar-refractivity contribution in [2.45, 2.75) is 18.8 Å². The van der Waals surface area contributed by atoms with E-state index in [1.165, 1.54) is 28.6 Å². The smallest absolute Gasteiger partial charge is 0.0178 e. The molecule has 0 aromatic heterocycles. The zero-order valence-corrected chi connectivity index (χ0v) is 12.4. The summed E-state index contributed by atoms with van der Waals surface area (Å²) < 4.78 is 1.18. The van der Waals surface area contributed by atoms with Crippen LogP contribution in [0.2, 0.25) is 0 Å². The molecule has 0 saturated heterocycles. The molecule has 0 saturated carbocycles. The highest BCUT2D eigenvalue weighted by Crippen LogP contribution is 2.24. The van der Waals surface area contributed by atoms with Gasteiger partial charge in [-0.05, 0) is 55.5 Å². The van der Waals surface area contributed by atoms with Crippen LogP contribution in [-0.4, -0.2) is 25.6 Å². The van der Waals surface area contributed by atoms with E-state index in [-0.39, 0.29) is 0 Å². The van der Waals surface area contributed by atoms with Gasteiger partial charge in [-0.15, -0.1) is 0 Å². The number of hydrogen-bond acceptors (Lipinski definition) is 2. The first-order chi connectivity index (χ1) is 7.77. The SMILES string of the molecule is CNCC(CCCSC)c1cccc(Br)c1. The van der Waals surface area contributed by atoms with E-state index in [1.54, 1.807) is 0 Å². The highest BCUT2D eigenvalue weighted by atomic mass is 79.9. The predicted molar refractivity (Wildman–Crippen MR) is 78.4 cm³/mol. The summed E-state index contributed by atoms with van der Waals surface area (Å²) in [6, 6.07) is 8.67. The number of likely N-dealkylation sites (N-methyl/N-ethyl adjacent to an activating group) is 1. The molecule has 1 N–H and O–H groups in total. The lowest BCUT2D eigenvalue weighted by Crippen LogP contribution is -2.17. The zero-order chi connectivity index (χ0) is 11.8. The summed E-state index contributed by atoms with van der Waals surface area (Å²) in [6.45, 7) is 1.06. The molecule has 0 bridgehead atoms. The third-order valence-electron chi connectivity index (χ3n) is 2.67. The molecule has 1 unspecified atom stereocenters. The number of halogens is 1. The summed E-state index contributed by atoms with van der Waals surface area (Å²) >= 11 is 5.47. The van der Waals surface area contributed by atoms with Gasteiger partial charge in [0.15, 0.2) is 0 Å². The molecule has 16 heavy (non-hydrogen) atoms. The standard InChI is InChI=1S/C13H20BrNS/c1-15-10-12(6-4-8-16-2)11-5-3-7-13(14)9-11/h3,5,7,9,12,15H,4,6,8,10H2,1-2H3. The second-order valence-corrected chi connectivity index (χ2v) is 5.85. The molecule has 1 rings (SSSR count). The summed E-state index contributed by atoms with van der Waals surface area (Å²) in [5, 5.41) is 3.29. The fraction of sp³-hybridized carbons (Fsp3) is 0.538. The van der Waals surface area contributed by atoms with E-state index in [0.717, 1.165) is 6.54 Å². The molecule has 1 atom stereocenters. The maximum absolute atomic E-state index is 3.54. The first kappa shape index (κ1) is 14.1.